The van der Waals surface area contributed by atoms with Gasteiger partial charge in [-0.2, -0.15) is 18.4 Å². The van der Waals surface area contributed by atoms with Crippen LogP contribution < -0.4 is 0 Å². The Balaban J connectivity index is 2.51. The van der Waals surface area contributed by atoms with E-state index in [0.29, 0.717) is 12.8 Å². The smallest absolute Gasteiger partial charge is 0.206 e. The Labute approximate surface area is 102 Å². The number of hydrogen-bond donors (Lipinski definition) is 0. The van der Waals surface area contributed by atoms with Gasteiger partial charge in [0.15, 0.2) is 0 Å². The van der Waals surface area contributed by atoms with Gasteiger partial charge in [0.1, 0.15) is 5.82 Å². The lowest BCUT2D eigenvalue weighted by Crippen LogP contribution is -2.21. The minimum absolute atomic E-state index is 0.274. The molecular weight excluding hydrogens is 246 g/mol. The molecule has 1 nitrogen and oxygen atoms in total. The van der Waals surface area contributed by atoms with Crippen LogP contribution in [0, 0.1) is 17.1 Å². The number of nitrogens with zero attached hydrogens (tertiary/aromatic N) is 1. The van der Waals surface area contributed by atoms with Gasteiger partial charge in [0, 0.05) is 0 Å². The fourth-order valence-corrected chi connectivity index (χ4v) is 2.48. The zero-order valence-corrected chi connectivity index (χ0v) is 9.52. The van der Waals surface area contributed by atoms with Crippen LogP contribution in [0.2, 0.25) is 0 Å². The number of halogens is 4. The number of nitriles is 1. The van der Waals surface area contributed by atoms with Crippen molar-refractivity contribution in [3.05, 3.63) is 35.1 Å². The van der Waals surface area contributed by atoms with Gasteiger partial charge in [0.2, 0.25) is 0 Å². The van der Waals surface area contributed by atoms with Crippen molar-refractivity contribution in [2.24, 2.45) is 0 Å². The normalized spacial score (nSPS) is 18.6. The number of alkyl halides is 3. The van der Waals surface area contributed by atoms with E-state index in [2.05, 4.69) is 6.07 Å². The van der Waals surface area contributed by atoms with Crippen molar-refractivity contribution in [2.75, 3.05) is 0 Å². The Hall–Kier alpha value is -1.57. The molecule has 0 heterocycles. The first-order valence-electron chi connectivity index (χ1n) is 5.67. The highest BCUT2D eigenvalue weighted by molar-refractivity contribution is 5.38. The molecule has 0 saturated heterocycles. The van der Waals surface area contributed by atoms with Crippen molar-refractivity contribution in [1.82, 2.24) is 0 Å². The third-order valence-corrected chi connectivity index (χ3v) is 3.50. The van der Waals surface area contributed by atoms with E-state index in [1.54, 1.807) is 0 Å². The van der Waals surface area contributed by atoms with Crippen LogP contribution >= 0.6 is 0 Å². The van der Waals surface area contributed by atoms with E-state index in [4.69, 9.17) is 0 Å². The average Bonchev–Trinajstić information content (AvgIpc) is 2.78. The van der Waals surface area contributed by atoms with Gasteiger partial charge in [-0.3, -0.25) is 0 Å². The van der Waals surface area contributed by atoms with Crippen molar-refractivity contribution in [2.45, 2.75) is 37.3 Å². The Morgan fingerprint density at radius 1 is 1.17 bits per heavy atom. The monoisotopic (exact) mass is 257 g/mol. The van der Waals surface area contributed by atoms with Gasteiger partial charge in [-0.25, -0.2) is 4.39 Å². The van der Waals surface area contributed by atoms with Crippen LogP contribution in [0.1, 0.15) is 36.8 Å². The van der Waals surface area contributed by atoms with Crippen LogP contribution in [0.25, 0.3) is 0 Å². The Kier molecular flexibility index (Phi) is 3.05. The molecule has 0 N–H and O–H groups in total. The van der Waals surface area contributed by atoms with Gasteiger partial charge in [-0.15, -0.1) is 0 Å². The van der Waals surface area contributed by atoms with Gasteiger partial charge < -0.3 is 0 Å². The van der Waals surface area contributed by atoms with Crippen molar-refractivity contribution >= 4 is 0 Å². The lowest BCUT2D eigenvalue weighted by atomic mass is 9.80. The molecule has 0 amide bonds. The molecule has 1 fully saturated rings. The third kappa shape index (κ3) is 2.07. The largest absolute Gasteiger partial charge is 0.419 e. The molecular formula is C13H11F4N. The summed E-state index contributed by atoms with van der Waals surface area (Å²) < 4.78 is 51.0. The van der Waals surface area contributed by atoms with Crippen LogP contribution in [0.3, 0.4) is 0 Å². The fraction of sp³-hybridized carbons (Fsp3) is 0.462. The Bertz CT molecular complexity index is 493. The van der Waals surface area contributed by atoms with E-state index in [0.717, 1.165) is 25.0 Å². The number of hydrogen-bond acceptors (Lipinski definition) is 1. The average molecular weight is 257 g/mol. The van der Waals surface area contributed by atoms with Crippen molar-refractivity contribution in [1.29, 1.82) is 5.26 Å². The third-order valence-electron chi connectivity index (χ3n) is 3.50. The molecule has 0 radical (unpaired) electrons. The Morgan fingerprint density at radius 2 is 1.78 bits per heavy atom. The molecule has 0 bridgehead atoms. The van der Waals surface area contributed by atoms with Gasteiger partial charge in [-0.1, -0.05) is 18.9 Å². The highest BCUT2D eigenvalue weighted by Crippen LogP contribution is 2.42. The fourth-order valence-electron chi connectivity index (χ4n) is 2.48. The van der Waals surface area contributed by atoms with E-state index in [1.807, 2.05) is 0 Å². The summed E-state index contributed by atoms with van der Waals surface area (Å²) in [7, 11) is 0. The predicted octanol–water partition coefficient (Wildman–Crippen LogP) is 4.18. The van der Waals surface area contributed by atoms with Gasteiger partial charge in [-0.05, 0) is 30.5 Å². The molecule has 1 aliphatic rings. The maximum absolute atomic E-state index is 13.2. The van der Waals surface area contributed by atoms with Crippen LogP contribution in [0.5, 0.6) is 0 Å². The first kappa shape index (κ1) is 12.9. The first-order chi connectivity index (χ1) is 8.39. The summed E-state index contributed by atoms with van der Waals surface area (Å²) in [5.41, 5.74) is -1.90. The highest BCUT2D eigenvalue weighted by atomic mass is 19.4. The molecule has 0 aliphatic heterocycles. The van der Waals surface area contributed by atoms with Crippen LogP contribution in [-0.4, -0.2) is 0 Å². The quantitative estimate of drug-likeness (QED) is 0.692. The van der Waals surface area contributed by atoms with E-state index >= 15 is 0 Å². The lowest BCUT2D eigenvalue weighted by molar-refractivity contribution is -0.140. The predicted molar refractivity (Wildman–Crippen MR) is 57.2 cm³/mol. The lowest BCUT2D eigenvalue weighted by Gasteiger charge is -2.22. The molecule has 96 valence electrons. The molecule has 5 heteroatoms. The van der Waals surface area contributed by atoms with E-state index in [9.17, 15) is 22.8 Å². The van der Waals surface area contributed by atoms with Gasteiger partial charge in [0.25, 0.3) is 0 Å². The molecule has 0 unspecified atom stereocenters. The standard InChI is InChI=1S/C13H11F4N/c14-11-4-3-9(7-10(11)13(15,16)17)12(8-18)5-1-2-6-12/h3-4,7H,1-2,5-6H2. The zero-order chi connectivity index (χ0) is 13.4. The molecule has 0 spiro atoms. The summed E-state index contributed by atoms with van der Waals surface area (Å²) in [4.78, 5) is 0. The second-order valence-electron chi connectivity index (χ2n) is 4.59. The van der Waals surface area contributed by atoms with Crippen LogP contribution in [0.15, 0.2) is 18.2 Å². The molecule has 2 rings (SSSR count). The molecule has 1 saturated carbocycles. The highest BCUT2D eigenvalue weighted by Gasteiger charge is 2.39. The van der Waals surface area contributed by atoms with Crippen LogP contribution in [-0.2, 0) is 11.6 Å². The van der Waals surface area contributed by atoms with Gasteiger partial charge >= 0.3 is 6.18 Å². The minimum atomic E-state index is -4.73. The summed E-state index contributed by atoms with van der Waals surface area (Å²) in [5.74, 6) is -1.29. The summed E-state index contributed by atoms with van der Waals surface area (Å²) in [6, 6.07) is 4.98. The van der Waals surface area contributed by atoms with Crippen molar-refractivity contribution < 1.29 is 17.6 Å². The van der Waals surface area contributed by atoms with Crippen molar-refractivity contribution in [3.8, 4) is 6.07 Å². The topological polar surface area (TPSA) is 23.8 Å². The molecule has 1 aromatic rings. The SMILES string of the molecule is N#CC1(c2ccc(F)c(C(F)(F)F)c2)CCCC1. The zero-order valence-electron chi connectivity index (χ0n) is 9.52. The van der Waals surface area contributed by atoms with Gasteiger partial charge in [0.05, 0.1) is 17.0 Å². The molecule has 1 aliphatic carbocycles. The molecule has 1 aromatic carbocycles. The Morgan fingerprint density at radius 3 is 2.28 bits per heavy atom. The molecule has 0 aromatic heterocycles. The summed E-state index contributed by atoms with van der Waals surface area (Å²) in [6.45, 7) is 0. The maximum Gasteiger partial charge on any atom is 0.419 e. The maximum atomic E-state index is 13.2. The van der Waals surface area contributed by atoms with Crippen molar-refractivity contribution in [3.63, 3.8) is 0 Å². The number of benzene rings is 1. The molecule has 0 atom stereocenters. The first-order valence-corrected chi connectivity index (χ1v) is 5.67. The summed E-state index contributed by atoms with van der Waals surface area (Å²) >= 11 is 0. The minimum Gasteiger partial charge on any atom is -0.206 e. The van der Waals surface area contributed by atoms with E-state index in [1.165, 1.54) is 6.07 Å². The second-order valence-corrected chi connectivity index (χ2v) is 4.59. The molecule has 18 heavy (non-hydrogen) atoms. The summed E-state index contributed by atoms with van der Waals surface area (Å²) in [6.07, 6.45) is -2.03. The number of rotatable bonds is 1. The summed E-state index contributed by atoms with van der Waals surface area (Å²) in [5, 5.41) is 9.21. The van der Waals surface area contributed by atoms with Crippen LogP contribution in [0.4, 0.5) is 17.6 Å². The van der Waals surface area contributed by atoms with E-state index in [-0.39, 0.29) is 5.56 Å². The van der Waals surface area contributed by atoms with E-state index < -0.39 is 23.0 Å². The second kappa shape index (κ2) is 4.27.